The van der Waals surface area contributed by atoms with E-state index in [0.717, 1.165) is 11.1 Å². The van der Waals surface area contributed by atoms with E-state index >= 15 is 0 Å². The van der Waals surface area contributed by atoms with Crippen LogP contribution in [-0.4, -0.2) is 15.8 Å². The third kappa shape index (κ3) is 3.51. The molecule has 0 aliphatic heterocycles. The van der Waals surface area contributed by atoms with E-state index < -0.39 is 10.8 Å². The molecule has 0 atom stereocenters. The van der Waals surface area contributed by atoms with Gasteiger partial charge in [-0.3, -0.25) is 14.9 Å². The van der Waals surface area contributed by atoms with Gasteiger partial charge in [0, 0.05) is 17.0 Å². The Morgan fingerprint density at radius 3 is 2.33 bits per heavy atom. The van der Waals surface area contributed by atoms with E-state index in [4.69, 9.17) is 4.98 Å². The van der Waals surface area contributed by atoms with Crippen LogP contribution in [0.1, 0.15) is 21.5 Å². The maximum Gasteiger partial charge on any atom is 0.292 e. The molecule has 0 saturated heterocycles. The average Bonchev–Trinajstić information content (AvgIpc) is 2.74. The number of benzene rings is 3. The lowest BCUT2D eigenvalue weighted by Crippen LogP contribution is -2.16. The van der Waals surface area contributed by atoms with Crippen LogP contribution in [0.3, 0.4) is 0 Å². The van der Waals surface area contributed by atoms with Gasteiger partial charge < -0.3 is 5.32 Å². The number of nitro groups is 1. The van der Waals surface area contributed by atoms with Crippen LogP contribution >= 0.6 is 0 Å². The predicted octanol–water partition coefficient (Wildman–Crippen LogP) is 5.68. The highest BCUT2D eigenvalue weighted by Crippen LogP contribution is 2.31. The van der Waals surface area contributed by atoms with Crippen molar-refractivity contribution in [3.8, 4) is 11.3 Å². The lowest BCUT2D eigenvalue weighted by Gasteiger charge is -2.15. The predicted molar refractivity (Wildman–Crippen MR) is 118 cm³/mol. The van der Waals surface area contributed by atoms with Crippen molar-refractivity contribution in [3.63, 3.8) is 0 Å². The number of nitro benzene ring substituents is 1. The summed E-state index contributed by atoms with van der Waals surface area (Å²) in [6.07, 6.45) is 0. The van der Waals surface area contributed by atoms with E-state index in [1.165, 1.54) is 12.1 Å². The maximum atomic E-state index is 13.3. The number of amides is 1. The van der Waals surface area contributed by atoms with Gasteiger partial charge in [-0.1, -0.05) is 60.2 Å². The van der Waals surface area contributed by atoms with E-state index in [1.807, 2.05) is 62.4 Å². The number of pyridine rings is 1. The van der Waals surface area contributed by atoms with Gasteiger partial charge in [-0.15, -0.1) is 0 Å². The van der Waals surface area contributed by atoms with Crippen LogP contribution < -0.4 is 5.32 Å². The average molecular weight is 397 g/mol. The highest BCUT2D eigenvalue weighted by molar-refractivity contribution is 6.15. The highest BCUT2D eigenvalue weighted by atomic mass is 16.6. The van der Waals surface area contributed by atoms with Gasteiger partial charge in [0.05, 0.1) is 21.7 Å². The summed E-state index contributed by atoms with van der Waals surface area (Å²) in [6.45, 7) is 3.86. The molecule has 148 valence electrons. The SMILES string of the molecule is Cc1ccc(-c2nc3ccccc3c(C(=O)Nc3ccccc3[N+](=O)[O-])c2C)cc1. The van der Waals surface area contributed by atoms with Crippen LogP contribution in [-0.2, 0) is 0 Å². The second kappa shape index (κ2) is 7.75. The summed E-state index contributed by atoms with van der Waals surface area (Å²) in [4.78, 5) is 28.9. The summed E-state index contributed by atoms with van der Waals surface area (Å²) in [5, 5.41) is 14.7. The molecule has 6 heteroatoms. The van der Waals surface area contributed by atoms with Gasteiger partial charge in [0.15, 0.2) is 0 Å². The molecule has 1 N–H and O–H groups in total. The second-order valence-electron chi connectivity index (χ2n) is 7.07. The Hall–Kier alpha value is -4.06. The molecule has 1 heterocycles. The molecule has 0 radical (unpaired) electrons. The summed E-state index contributed by atoms with van der Waals surface area (Å²) in [7, 11) is 0. The van der Waals surface area contributed by atoms with Crippen molar-refractivity contribution in [1.29, 1.82) is 0 Å². The first-order valence-electron chi connectivity index (χ1n) is 9.47. The summed E-state index contributed by atoms with van der Waals surface area (Å²) < 4.78 is 0. The number of hydrogen-bond acceptors (Lipinski definition) is 4. The normalized spacial score (nSPS) is 10.7. The molecule has 0 unspecified atom stereocenters. The Labute approximate surface area is 173 Å². The number of fused-ring (bicyclic) bond motifs is 1. The molecule has 0 aliphatic rings. The summed E-state index contributed by atoms with van der Waals surface area (Å²) in [6, 6.07) is 21.5. The molecular formula is C24H19N3O3. The minimum absolute atomic E-state index is 0.152. The smallest absolute Gasteiger partial charge is 0.292 e. The van der Waals surface area contributed by atoms with Crippen molar-refractivity contribution < 1.29 is 9.72 Å². The molecule has 1 amide bonds. The zero-order chi connectivity index (χ0) is 21.3. The van der Waals surface area contributed by atoms with Gasteiger partial charge in [-0.25, -0.2) is 4.98 Å². The molecule has 4 aromatic rings. The van der Waals surface area contributed by atoms with Crippen molar-refractivity contribution >= 4 is 28.2 Å². The van der Waals surface area contributed by atoms with E-state index in [2.05, 4.69) is 5.32 Å². The standard InChI is InChI=1S/C24H19N3O3/c1-15-11-13-17(14-12-15)23-16(2)22(18-7-3-4-8-19(18)25-23)24(28)26-20-9-5-6-10-21(20)27(29)30/h3-14H,1-2H3,(H,26,28). The Kier molecular flexibility index (Phi) is 4.98. The fourth-order valence-electron chi connectivity index (χ4n) is 3.52. The van der Waals surface area contributed by atoms with Gasteiger partial charge in [0.2, 0.25) is 0 Å². The molecule has 0 aliphatic carbocycles. The summed E-state index contributed by atoms with van der Waals surface area (Å²) in [5.74, 6) is -0.409. The number of carbonyl (C=O) groups is 1. The third-order valence-electron chi connectivity index (χ3n) is 5.04. The molecule has 6 nitrogen and oxygen atoms in total. The number of rotatable bonds is 4. The van der Waals surface area contributed by atoms with Crippen molar-refractivity contribution in [2.75, 3.05) is 5.32 Å². The second-order valence-corrected chi connectivity index (χ2v) is 7.07. The molecule has 3 aromatic carbocycles. The molecular weight excluding hydrogens is 378 g/mol. The number of para-hydroxylation sites is 3. The zero-order valence-electron chi connectivity index (χ0n) is 16.5. The largest absolute Gasteiger partial charge is 0.316 e. The monoisotopic (exact) mass is 397 g/mol. The third-order valence-corrected chi connectivity index (χ3v) is 5.04. The lowest BCUT2D eigenvalue weighted by atomic mass is 9.96. The first-order chi connectivity index (χ1) is 14.5. The topological polar surface area (TPSA) is 85.1 Å². The zero-order valence-corrected chi connectivity index (χ0v) is 16.5. The number of nitrogens with zero attached hydrogens (tertiary/aromatic N) is 2. The van der Waals surface area contributed by atoms with Crippen molar-refractivity contribution in [2.24, 2.45) is 0 Å². The summed E-state index contributed by atoms with van der Waals surface area (Å²) >= 11 is 0. The van der Waals surface area contributed by atoms with E-state index in [0.29, 0.717) is 27.7 Å². The fraction of sp³-hybridized carbons (Fsp3) is 0.0833. The van der Waals surface area contributed by atoms with Gasteiger partial charge >= 0.3 is 0 Å². The number of carbonyl (C=O) groups excluding carboxylic acids is 1. The van der Waals surface area contributed by atoms with E-state index in [9.17, 15) is 14.9 Å². The van der Waals surface area contributed by atoms with Crippen LogP contribution in [0, 0.1) is 24.0 Å². The highest BCUT2D eigenvalue weighted by Gasteiger charge is 2.21. The molecule has 0 bridgehead atoms. The van der Waals surface area contributed by atoms with Crippen molar-refractivity contribution in [3.05, 3.63) is 99.6 Å². The van der Waals surface area contributed by atoms with E-state index in [-0.39, 0.29) is 11.4 Å². The van der Waals surface area contributed by atoms with Gasteiger partial charge in [-0.2, -0.15) is 0 Å². The summed E-state index contributed by atoms with van der Waals surface area (Å²) in [5.41, 5.74) is 4.61. The minimum atomic E-state index is -0.509. The maximum absolute atomic E-state index is 13.3. The Morgan fingerprint density at radius 2 is 1.60 bits per heavy atom. The number of aromatic nitrogens is 1. The fourth-order valence-corrected chi connectivity index (χ4v) is 3.52. The number of nitrogens with one attached hydrogen (secondary N) is 1. The molecule has 30 heavy (non-hydrogen) atoms. The van der Waals surface area contributed by atoms with Crippen LogP contribution in [0.25, 0.3) is 22.2 Å². The van der Waals surface area contributed by atoms with Crippen molar-refractivity contribution in [1.82, 2.24) is 4.98 Å². The molecule has 1 aromatic heterocycles. The van der Waals surface area contributed by atoms with E-state index in [1.54, 1.807) is 12.1 Å². The molecule has 0 fully saturated rings. The quantitative estimate of drug-likeness (QED) is 0.355. The van der Waals surface area contributed by atoms with Crippen LogP contribution in [0.15, 0.2) is 72.8 Å². The Morgan fingerprint density at radius 1 is 0.933 bits per heavy atom. The number of aryl methyl sites for hydroxylation is 1. The molecule has 0 saturated carbocycles. The van der Waals surface area contributed by atoms with Crippen LogP contribution in [0.4, 0.5) is 11.4 Å². The lowest BCUT2D eigenvalue weighted by molar-refractivity contribution is -0.383. The first-order valence-corrected chi connectivity index (χ1v) is 9.47. The van der Waals surface area contributed by atoms with Crippen LogP contribution in [0.2, 0.25) is 0 Å². The van der Waals surface area contributed by atoms with Gasteiger partial charge in [0.25, 0.3) is 11.6 Å². The first kappa shape index (κ1) is 19.3. The van der Waals surface area contributed by atoms with Crippen molar-refractivity contribution in [2.45, 2.75) is 13.8 Å². The Balaban J connectivity index is 1.87. The number of anilines is 1. The van der Waals surface area contributed by atoms with Gasteiger partial charge in [-0.05, 0) is 31.5 Å². The minimum Gasteiger partial charge on any atom is -0.316 e. The van der Waals surface area contributed by atoms with Crippen LogP contribution in [0.5, 0.6) is 0 Å². The van der Waals surface area contributed by atoms with Gasteiger partial charge in [0.1, 0.15) is 5.69 Å². The number of hydrogen-bond donors (Lipinski definition) is 1. The Bertz CT molecular complexity index is 1280. The molecule has 0 spiro atoms. The molecule has 4 rings (SSSR count).